The Labute approximate surface area is 133 Å². The van der Waals surface area contributed by atoms with Gasteiger partial charge in [-0.2, -0.15) is 0 Å². The van der Waals surface area contributed by atoms with E-state index >= 15 is 0 Å². The zero-order valence-corrected chi connectivity index (χ0v) is 15.0. The first-order valence-corrected chi connectivity index (χ1v) is 6.96. The predicted molar refractivity (Wildman–Crippen MR) is 90.5 cm³/mol. The molecular weight excluding hydrogens is 413 g/mol. The highest BCUT2D eigenvalue weighted by molar-refractivity contribution is 14.0. The molecule has 1 aromatic rings. The number of guanidine groups is 1. The number of hydrogen-bond acceptors (Lipinski definition) is 2. The molecule has 3 nitrogen and oxygen atoms in total. The minimum Gasteiger partial charge on any atom is -0.356 e. The van der Waals surface area contributed by atoms with Gasteiger partial charge in [0.25, 0.3) is 0 Å². The molecule has 1 heterocycles. The molecule has 0 bridgehead atoms. The first-order chi connectivity index (χ1) is 7.61. The van der Waals surface area contributed by atoms with Gasteiger partial charge in [0.05, 0.1) is 6.54 Å². The van der Waals surface area contributed by atoms with E-state index in [1.54, 1.807) is 18.4 Å². The highest BCUT2D eigenvalue weighted by atomic mass is 127. The van der Waals surface area contributed by atoms with Crippen LogP contribution in [0.25, 0.3) is 0 Å². The van der Waals surface area contributed by atoms with Gasteiger partial charge >= 0.3 is 0 Å². The molecule has 98 valence electrons. The van der Waals surface area contributed by atoms with Gasteiger partial charge in [-0.3, -0.25) is 4.99 Å². The summed E-state index contributed by atoms with van der Waals surface area (Å²) in [6, 6.07) is 2.12. The second-order valence-electron chi connectivity index (χ2n) is 3.93. The molecule has 0 aromatic carbocycles. The smallest absolute Gasteiger partial charge is 0.191 e. The van der Waals surface area contributed by atoms with Gasteiger partial charge in [0.15, 0.2) is 5.96 Å². The van der Waals surface area contributed by atoms with Crippen molar-refractivity contribution in [3.05, 3.63) is 20.8 Å². The maximum absolute atomic E-state index is 4.17. The third-order valence-corrected chi connectivity index (χ3v) is 3.65. The maximum Gasteiger partial charge on any atom is 0.191 e. The quantitative estimate of drug-likeness (QED) is 0.435. The Hall–Kier alpha value is 0.180. The fourth-order valence-electron chi connectivity index (χ4n) is 1.14. The van der Waals surface area contributed by atoms with E-state index in [-0.39, 0.29) is 24.0 Å². The molecular formula is C11H19BrIN3S. The second kappa shape index (κ2) is 9.16. The molecule has 0 saturated heterocycles. The predicted octanol–water partition coefficient (Wildman–Crippen LogP) is 3.45. The summed E-state index contributed by atoms with van der Waals surface area (Å²) in [7, 11) is 1.79. The monoisotopic (exact) mass is 431 g/mol. The first kappa shape index (κ1) is 17.2. The fourth-order valence-corrected chi connectivity index (χ4v) is 2.53. The lowest BCUT2D eigenvalue weighted by molar-refractivity contribution is 0.615. The van der Waals surface area contributed by atoms with Crippen LogP contribution in [0, 0.1) is 5.92 Å². The van der Waals surface area contributed by atoms with Gasteiger partial charge < -0.3 is 10.6 Å². The van der Waals surface area contributed by atoms with Gasteiger partial charge in [-0.1, -0.05) is 13.8 Å². The van der Waals surface area contributed by atoms with E-state index in [2.05, 4.69) is 56.8 Å². The summed E-state index contributed by atoms with van der Waals surface area (Å²) in [5.41, 5.74) is 0. The van der Waals surface area contributed by atoms with E-state index in [1.165, 1.54) is 4.88 Å². The summed E-state index contributed by atoms with van der Waals surface area (Å²) in [4.78, 5) is 5.46. The summed E-state index contributed by atoms with van der Waals surface area (Å²) in [5, 5.41) is 8.65. The molecule has 6 heteroatoms. The second-order valence-corrected chi connectivity index (χ2v) is 5.84. The third kappa shape index (κ3) is 7.25. The fraction of sp³-hybridized carbons (Fsp3) is 0.545. The standard InChI is InChI=1S/C11H18BrN3S.HI/c1-8(2)5-14-11(13-3)15-6-10-4-9(12)7-16-10;/h4,7-8H,5-6H2,1-3H3,(H2,13,14,15);1H. The van der Waals surface area contributed by atoms with Gasteiger partial charge in [0.2, 0.25) is 0 Å². The van der Waals surface area contributed by atoms with Gasteiger partial charge in [0, 0.05) is 28.3 Å². The molecule has 0 fully saturated rings. The number of hydrogen-bond donors (Lipinski definition) is 2. The number of halogens is 2. The Kier molecular flexibility index (Phi) is 9.25. The molecule has 0 radical (unpaired) electrons. The molecule has 0 atom stereocenters. The van der Waals surface area contributed by atoms with Crippen LogP contribution < -0.4 is 10.6 Å². The lowest BCUT2D eigenvalue weighted by Crippen LogP contribution is -2.38. The highest BCUT2D eigenvalue weighted by Crippen LogP contribution is 2.19. The maximum atomic E-state index is 4.17. The number of nitrogens with zero attached hydrogens (tertiary/aromatic N) is 1. The number of thiophene rings is 1. The number of rotatable bonds is 4. The van der Waals surface area contributed by atoms with Crippen molar-refractivity contribution in [3.8, 4) is 0 Å². The van der Waals surface area contributed by atoms with Gasteiger partial charge in [-0.25, -0.2) is 0 Å². The molecule has 0 aliphatic heterocycles. The molecule has 0 spiro atoms. The lowest BCUT2D eigenvalue weighted by atomic mass is 10.2. The third-order valence-electron chi connectivity index (χ3n) is 1.95. The van der Waals surface area contributed by atoms with Crippen molar-refractivity contribution in [2.75, 3.05) is 13.6 Å². The van der Waals surface area contributed by atoms with Crippen molar-refractivity contribution in [3.63, 3.8) is 0 Å². The summed E-state index contributed by atoms with van der Waals surface area (Å²) >= 11 is 5.18. The normalized spacial score (nSPS) is 11.2. The Morgan fingerprint density at radius 1 is 1.47 bits per heavy atom. The van der Waals surface area contributed by atoms with Crippen LogP contribution in [0.5, 0.6) is 0 Å². The molecule has 17 heavy (non-hydrogen) atoms. The average Bonchev–Trinajstić information content (AvgIpc) is 2.64. The Morgan fingerprint density at radius 3 is 2.65 bits per heavy atom. The van der Waals surface area contributed by atoms with Crippen LogP contribution in [0.2, 0.25) is 0 Å². The molecule has 0 unspecified atom stereocenters. The van der Waals surface area contributed by atoms with Crippen LogP contribution >= 0.6 is 51.2 Å². The summed E-state index contributed by atoms with van der Waals surface area (Å²) in [6.07, 6.45) is 0. The van der Waals surface area contributed by atoms with Crippen molar-refractivity contribution in [2.24, 2.45) is 10.9 Å². The minimum atomic E-state index is 0. The molecule has 0 aliphatic carbocycles. The minimum absolute atomic E-state index is 0. The van der Waals surface area contributed by atoms with Crippen LogP contribution in [-0.2, 0) is 6.54 Å². The van der Waals surface area contributed by atoms with E-state index in [0.717, 1.165) is 23.5 Å². The number of aliphatic imine (C=N–C) groups is 1. The zero-order valence-electron chi connectivity index (χ0n) is 10.3. The summed E-state index contributed by atoms with van der Waals surface area (Å²) in [5.74, 6) is 1.48. The molecule has 1 aromatic heterocycles. The topological polar surface area (TPSA) is 36.4 Å². The molecule has 2 N–H and O–H groups in total. The molecule has 1 rings (SSSR count). The first-order valence-electron chi connectivity index (χ1n) is 5.29. The van der Waals surface area contributed by atoms with Gasteiger partial charge in [0.1, 0.15) is 0 Å². The van der Waals surface area contributed by atoms with E-state index in [9.17, 15) is 0 Å². The Morgan fingerprint density at radius 2 is 2.18 bits per heavy atom. The summed E-state index contributed by atoms with van der Waals surface area (Å²) < 4.78 is 1.14. The molecule has 0 saturated carbocycles. The average molecular weight is 432 g/mol. The van der Waals surface area contributed by atoms with Gasteiger partial charge in [-0.15, -0.1) is 35.3 Å². The van der Waals surface area contributed by atoms with E-state index in [0.29, 0.717) is 5.92 Å². The molecule has 0 aliphatic rings. The van der Waals surface area contributed by atoms with Gasteiger partial charge in [-0.05, 0) is 27.9 Å². The van der Waals surface area contributed by atoms with Crippen LogP contribution in [-0.4, -0.2) is 19.6 Å². The van der Waals surface area contributed by atoms with Crippen molar-refractivity contribution < 1.29 is 0 Å². The van der Waals surface area contributed by atoms with Crippen molar-refractivity contribution >= 4 is 57.2 Å². The van der Waals surface area contributed by atoms with Crippen LogP contribution in [0.1, 0.15) is 18.7 Å². The Bertz CT molecular complexity index is 352. The number of nitrogens with one attached hydrogen (secondary N) is 2. The van der Waals surface area contributed by atoms with Crippen LogP contribution in [0.15, 0.2) is 20.9 Å². The van der Waals surface area contributed by atoms with Crippen molar-refractivity contribution in [1.82, 2.24) is 10.6 Å². The van der Waals surface area contributed by atoms with E-state index < -0.39 is 0 Å². The lowest BCUT2D eigenvalue weighted by Gasteiger charge is -2.12. The Balaban J connectivity index is 0.00000256. The van der Waals surface area contributed by atoms with Crippen LogP contribution in [0.3, 0.4) is 0 Å². The largest absolute Gasteiger partial charge is 0.356 e. The van der Waals surface area contributed by atoms with Crippen molar-refractivity contribution in [1.29, 1.82) is 0 Å². The van der Waals surface area contributed by atoms with E-state index in [4.69, 9.17) is 0 Å². The van der Waals surface area contributed by atoms with E-state index in [1.807, 2.05) is 0 Å². The SMILES string of the molecule is CN=C(NCc1cc(Br)cs1)NCC(C)C.I. The zero-order chi connectivity index (χ0) is 12.0. The van der Waals surface area contributed by atoms with Crippen molar-refractivity contribution in [2.45, 2.75) is 20.4 Å². The summed E-state index contributed by atoms with van der Waals surface area (Å²) in [6.45, 7) is 6.11. The van der Waals surface area contributed by atoms with Crippen LogP contribution in [0.4, 0.5) is 0 Å². The molecule has 0 amide bonds. The highest BCUT2D eigenvalue weighted by Gasteiger charge is 2.01.